The number of fused-ring (bicyclic) bond motifs is 3. The predicted octanol–water partition coefficient (Wildman–Crippen LogP) is 17.6. The Labute approximate surface area is 642 Å². The van der Waals surface area contributed by atoms with Gasteiger partial charge < -0.3 is 46.9 Å². The zero-order chi connectivity index (χ0) is 74.2. The van der Waals surface area contributed by atoms with Crippen LogP contribution in [0.4, 0.5) is 0 Å². The molecule has 535 valence electrons. The van der Waals surface area contributed by atoms with Crippen LogP contribution in [0.3, 0.4) is 0 Å². The van der Waals surface area contributed by atoms with Crippen LogP contribution >= 0.6 is 0 Å². The molecular formula is C86H88N14O5Y. The van der Waals surface area contributed by atoms with Crippen LogP contribution < -0.4 is 26.8 Å². The number of carbonyl (C=O) groups excluding carboxylic acids is 2. The molecule has 7 aromatic carbocycles. The molecule has 0 spiro atoms. The van der Waals surface area contributed by atoms with Gasteiger partial charge in [0.05, 0.1) is 60.9 Å². The molecule has 0 saturated carbocycles. The number of methoxy groups -OCH3 is 1. The summed E-state index contributed by atoms with van der Waals surface area (Å²) >= 11 is 0. The molecule has 13 aromatic rings. The van der Waals surface area contributed by atoms with Crippen LogP contribution in [0, 0.1) is 37.5 Å². The van der Waals surface area contributed by atoms with Gasteiger partial charge in [-0.1, -0.05) is 225 Å². The molecule has 0 unspecified atom stereocenters. The quantitative estimate of drug-likeness (QED) is 0.0353. The van der Waals surface area contributed by atoms with Crippen molar-refractivity contribution in [3.05, 3.63) is 264 Å². The number of hydrogen-bond acceptors (Lipinski definition) is 13. The number of carbonyl (C=O) groups is 3. The minimum atomic E-state index is -0.982. The molecule has 0 bridgehead atoms. The van der Waals surface area contributed by atoms with E-state index in [0.29, 0.717) is 46.1 Å². The molecule has 0 aliphatic carbocycles. The summed E-state index contributed by atoms with van der Waals surface area (Å²) in [5.74, 6) is 1.91. The Morgan fingerprint density at radius 3 is 1.19 bits per heavy atom. The Morgan fingerprint density at radius 2 is 0.792 bits per heavy atom. The van der Waals surface area contributed by atoms with E-state index in [2.05, 4.69) is 189 Å². The van der Waals surface area contributed by atoms with Gasteiger partial charge in [-0.05, 0) is 116 Å². The van der Waals surface area contributed by atoms with Crippen LogP contribution in [-0.2, 0) is 32.7 Å². The van der Waals surface area contributed by atoms with Gasteiger partial charge in [-0.25, -0.2) is 34.7 Å². The number of rotatable bonds is 20. The number of pyridine rings is 3. The third-order valence-electron chi connectivity index (χ3n) is 19.0. The van der Waals surface area contributed by atoms with E-state index in [1.54, 1.807) is 26.3 Å². The average Bonchev–Trinajstić information content (AvgIpc) is 1.52. The zero-order valence-corrected chi connectivity index (χ0v) is 64.3. The first kappa shape index (κ1) is 76.2. The van der Waals surface area contributed by atoms with Crippen molar-refractivity contribution in [1.82, 2.24) is 55.5 Å². The average molecular weight is 1490 g/mol. The van der Waals surface area contributed by atoms with Gasteiger partial charge in [0.1, 0.15) is 28.9 Å². The van der Waals surface area contributed by atoms with E-state index in [-0.39, 0.29) is 86.2 Å². The van der Waals surface area contributed by atoms with Gasteiger partial charge in [-0.2, -0.15) is 0 Å². The molecule has 14 rings (SSSR count). The number of nitrogens with one attached hydrogen (secondary N) is 5. The molecule has 6 aromatic heterocycles. The van der Waals surface area contributed by atoms with Crippen LogP contribution in [0.1, 0.15) is 146 Å². The maximum absolute atomic E-state index is 13.6. The number of ether oxygens (including phenoxy) is 1. The second-order valence-corrected chi connectivity index (χ2v) is 27.9. The van der Waals surface area contributed by atoms with Gasteiger partial charge in [-0.3, -0.25) is 14.6 Å². The topological polar surface area (TPSA) is 294 Å². The third kappa shape index (κ3) is 17.5. The van der Waals surface area contributed by atoms with Crippen LogP contribution in [0.5, 0.6) is 5.88 Å². The normalized spacial score (nSPS) is 13.1. The predicted molar refractivity (Wildman–Crippen MR) is 419 cm³/mol. The number of aliphatic imine (C=N–C) groups is 1. The van der Waals surface area contributed by atoms with Crippen molar-refractivity contribution in [2.75, 3.05) is 7.11 Å². The monoisotopic (exact) mass is 1490 g/mol. The number of aromatic amines is 3. The van der Waals surface area contributed by atoms with Crippen molar-refractivity contribution in [3.8, 4) is 61.9 Å². The first-order valence-electron chi connectivity index (χ1n) is 35.4. The molecule has 10 N–H and O–H groups in total. The first-order chi connectivity index (χ1) is 50.6. The molecule has 1 aliphatic heterocycles. The number of benzene rings is 7. The van der Waals surface area contributed by atoms with Crippen molar-refractivity contribution in [3.63, 3.8) is 0 Å². The first-order valence-corrected chi connectivity index (χ1v) is 35.4. The summed E-state index contributed by atoms with van der Waals surface area (Å²) in [4.78, 5) is 79.9. The van der Waals surface area contributed by atoms with Crippen LogP contribution in [0.25, 0.3) is 93.9 Å². The Balaban J connectivity index is 0.000000197. The van der Waals surface area contributed by atoms with Crippen molar-refractivity contribution in [2.24, 2.45) is 40.1 Å². The molecule has 19 nitrogen and oxygen atoms in total. The molecule has 7 heterocycles. The van der Waals surface area contributed by atoms with E-state index >= 15 is 0 Å². The number of hydrogen-bond donors (Lipinski definition) is 8. The van der Waals surface area contributed by atoms with Gasteiger partial charge in [0.25, 0.3) is 11.8 Å². The van der Waals surface area contributed by atoms with Gasteiger partial charge in [0.2, 0.25) is 5.88 Å². The van der Waals surface area contributed by atoms with Gasteiger partial charge in [0.15, 0.2) is 5.69 Å². The fourth-order valence-corrected chi connectivity index (χ4v) is 12.8. The molecule has 4 atom stereocenters. The Bertz CT molecular complexity index is 5330. The van der Waals surface area contributed by atoms with E-state index < -0.39 is 5.97 Å². The summed E-state index contributed by atoms with van der Waals surface area (Å²) in [5, 5.41) is 20.3. The maximum atomic E-state index is 13.6. The Morgan fingerprint density at radius 1 is 0.443 bits per heavy atom. The molecule has 1 aliphatic rings. The Kier molecular flexibility index (Phi) is 24.3. The Hall–Kier alpha value is -11.0. The smallest absolute Gasteiger partial charge is 0.355 e. The van der Waals surface area contributed by atoms with E-state index in [0.717, 1.165) is 101 Å². The number of carboxylic acid groups (broad SMARTS) is 1. The van der Waals surface area contributed by atoms with E-state index in [1.807, 2.05) is 124 Å². The maximum Gasteiger partial charge on any atom is 0.355 e. The summed E-state index contributed by atoms with van der Waals surface area (Å²) in [6.07, 6.45) is 8.27. The van der Waals surface area contributed by atoms with E-state index in [1.165, 1.54) is 22.3 Å². The molecule has 0 saturated heterocycles. The van der Waals surface area contributed by atoms with Crippen molar-refractivity contribution >= 4 is 61.4 Å². The SMILES string of the molecule is CC(C)[C@H](N)C1=NC=C(c2ccc(-c3ccc(-c4cnc([C@@H](N)C(C)C)[nH]4)cc3)cc2)C1.COc1cc2ccccc2c(C(=O)N[C@H](c2ncc(-c3ccc(-c4ccc(-c5cnc([C@@H](NC(=O)c6nc(C)cc7ccccc67)C(C)C)[nH]5)cc4)cc3)[nH]2)C(C)C)n1.Cc1cc2ccccc2c(C(=O)O)n1.[Y]. The number of H-pyrrole nitrogens is 3. The van der Waals surface area contributed by atoms with Crippen molar-refractivity contribution in [1.29, 1.82) is 0 Å². The minimum absolute atomic E-state index is 0. The minimum Gasteiger partial charge on any atom is -0.481 e. The van der Waals surface area contributed by atoms with Crippen molar-refractivity contribution in [2.45, 2.75) is 99.8 Å². The summed E-state index contributed by atoms with van der Waals surface area (Å²) < 4.78 is 5.38. The summed E-state index contributed by atoms with van der Waals surface area (Å²) in [6, 6.07) is 61.5. The number of aryl methyl sites for hydroxylation is 2. The number of imidazole rings is 3. The number of nitrogens with zero attached hydrogens (tertiary/aromatic N) is 7. The molecular weight excluding hydrogens is 1400 g/mol. The van der Waals surface area contributed by atoms with E-state index in [9.17, 15) is 14.4 Å². The van der Waals surface area contributed by atoms with Crippen molar-refractivity contribution < 1.29 is 56.9 Å². The fraction of sp³-hybridized carbons (Fsp3) is 0.233. The number of carboxylic acids is 1. The second kappa shape index (κ2) is 33.9. The fourth-order valence-electron chi connectivity index (χ4n) is 12.8. The van der Waals surface area contributed by atoms with Gasteiger partial charge in [0, 0.05) is 90.7 Å². The molecule has 20 heteroatoms. The molecule has 0 fully saturated rings. The van der Waals surface area contributed by atoms with Crippen LogP contribution in [0.15, 0.2) is 218 Å². The van der Waals surface area contributed by atoms with Gasteiger partial charge >= 0.3 is 5.97 Å². The summed E-state index contributed by atoms with van der Waals surface area (Å²) in [6.45, 7) is 20.4. The number of allylic oxidation sites excluding steroid dienone is 1. The number of aromatic nitrogens is 9. The summed E-state index contributed by atoms with van der Waals surface area (Å²) in [5.41, 5.74) is 28.6. The third-order valence-corrected chi connectivity index (χ3v) is 19.0. The number of amides is 2. The molecule has 106 heavy (non-hydrogen) atoms. The molecule has 2 amide bonds. The summed E-state index contributed by atoms with van der Waals surface area (Å²) in [7, 11) is 1.54. The molecule has 1 radical (unpaired) electrons. The van der Waals surface area contributed by atoms with E-state index in [4.69, 9.17) is 31.3 Å². The largest absolute Gasteiger partial charge is 0.481 e. The number of nitrogens with two attached hydrogens (primary N) is 2. The number of aromatic carboxylic acids is 1. The van der Waals surface area contributed by atoms with Crippen LogP contribution in [0.2, 0.25) is 0 Å². The standard InChI is InChI=1S/C48H46N8O3.C27H33N5.C11H9NO2.Y/c1-27(2)41(55-47(57)43-36-13-9-7-11-34(36)23-29(5)51-43)45-49-25-38(52-45)32-19-15-30(16-20-32)31-17-21-33(22-18-31)39-26-50-46(53-39)42(28(3)4)56-48(58)44-37-14-10-8-12-35(37)24-40(54-44)59-6;1-16(2)25(28)23-13-22(14-30-23)20-7-5-18(6-8-20)19-9-11-21(12-10-19)24-15-31-27(32-24)26(29)17(3)4;1-7-6-8-4-2-3-5-9(8)10(12-7)11(13)14;/h7-28,41-42H,1-6H3,(H,49,52)(H,50,53)(H,55,57)(H,56,58);5-12,14-17,25-26H,13,28-29H2,1-4H3,(H,31,32);2-6H,1H3,(H,13,14);/t41-,42-;25-,26-;;/m00../s1. The van der Waals surface area contributed by atoms with Gasteiger partial charge in [-0.15, -0.1) is 0 Å². The van der Waals surface area contributed by atoms with Crippen LogP contribution in [-0.4, -0.2) is 86.6 Å². The second-order valence-electron chi connectivity index (χ2n) is 27.9. The zero-order valence-electron chi connectivity index (χ0n) is 61.5.